The van der Waals surface area contributed by atoms with Crippen molar-refractivity contribution in [1.82, 2.24) is 4.57 Å². The second-order valence-electron chi connectivity index (χ2n) is 4.25. The molecule has 3 aromatic rings. The molecule has 0 radical (unpaired) electrons. The summed E-state index contributed by atoms with van der Waals surface area (Å²) in [5, 5.41) is 9.98. The molecule has 0 atom stereocenters. The van der Waals surface area contributed by atoms with Crippen molar-refractivity contribution in [3.63, 3.8) is 0 Å². The van der Waals surface area contributed by atoms with Crippen molar-refractivity contribution < 1.29 is 14.3 Å². The zero-order valence-corrected chi connectivity index (χ0v) is 11.4. The van der Waals surface area contributed by atoms with Crippen LogP contribution in [0.1, 0.15) is 16.1 Å². The summed E-state index contributed by atoms with van der Waals surface area (Å²) >= 11 is 3.43. The van der Waals surface area contributed by atoms with Gasteiger partial charge >= 0.3 is 5.97 Å². The Morgan fingerprint density at radius 1 is 1.32 bits per heavy atom. The van der Waals surface area contributed by atoms with Crippen LogP contribution in [0.2, 0.25) is 0 Å². The third-order valence-corrected chi connectivity index (χ3v) is 3.45. The SMILES string of the molecule is O=C(O)c1coc(Cn2ccc3cc(Br)ccc32)c1. The van der Waals surface area contributed by atoms with Gasteiger partial charge in [-0.15, -0.1) is 0 Å². The molecule has 2 heterocycles. The average molecular weight is 320 g/mol. The molecule has 0 aliphatic heterocycles. The molecule has 5 heteroatoms. The molecule has 0 aliphatic rings. The Hall–Kier alpha value is -2.01. The third-order valence-electron chi connectivity index (χ3n) is 2.96. The zero-order chi connectivity index (χ0) is 13.4. The molecule has 96 valence electrons. The molecule has 1 N–H and O–H groups in total. The van der Waals surface area contributed by atoms with Gasteiger partial charge in [-0.3, -0.25) is 0 Å². The highest BCUT2D eigenvalue weighted by Gasteiger charge is 2.09. The number of nitrogens with zero attached hydrogens (tertiary/aromatic N) is 1. The van der Waals surface area contributed by atoms with Gasteiger partial charge in [0.05, 0.1) is 12.1 Å². The van der Waals surface area contributed by atoms with E-state index in [1.807, 2.05) is 35.0 Å². The van der Waals surface area contributed by atoms with Gasteiger partial charge in [0.2, 0.25) is 0 Å². The summed E-state index contributed by atoms with van der Waals surface area (Å²) in [6.07, 6.45) is 3.22. The van der Waals surface area contributed by atoms with Gasteiger partial charge in [-0.25, -0.2) is 4.79 Å². The van der Waals surface area contributed by atoms with E-state index in [0.717, 1.165) is 15.4 Å². The standard InChI is InChI=1S/C14H10BrNO3/c15-11-1-2-13-9(5-11)3-4-16(13)7-12-6-10(8-19-12)14(17)18/h1-6,8H,7H2,(H,17,18). The molecule has 0 saturated heterocycles. The van der Waals surface area contributed by atoms with E-state index in [0.29, 0.717) is 12.3 Å². The van der Waals surface area contributed by atoms with Gasteiger partial charge < -0.3 is 14.1 Å². The Balaban J connectivity index is 1.94. The lowest BCUT2D eigenvalue weighted by Gasteiger charge is -2.02. The van der Waals surface area contributed by atoms with Gasteiger partial charge in [0.15, 0.2) is 0 Å². The van der Waals surface area contributed by atoms with E-state index in [9.17, 15) is 4.79 Å². The predicted octanol–water partition coefficient (Wildman–Crippen LogP) is 3.74. The molecule has 0 spiro atoms. The Morgan fingerprint density at radius 2 is 2.16 bits per heavy atom. The third kappa shape index (κ3) is 2.29. The van der Waals surface area contributed by atoms with Crippen molar-refractivity contribution in [2.45, 2.75) is 6.54 Å². The molecular weight excluding hydrogens is 310 g/mol. The predicted molar refractivity (Wildman–Crippen MR) is 74.4 cm³/mol. The first kappa shape index (κ1) is 12.0. The van der Waals surface area contributed by atoms with Gasteiger partial charge in [0.1, 0.15) is 12.0 Å². The van der Waals surface area contributed by atoms with Crippen molar-refractivity contribution in [3.05, 3.63) is 58.6 Å². The maximum absolute atomic E-state index is 10.8. The lowest BCUT2D eigenvalue weighted by molar-refractivity contribution is 0.0696. The number of halogens is 1. The monoisotopic (exact) mass is 319 g/mol. The highest BCUT2D eigenvalue weighted by atomic mass is 79.9. The molecule has 19 heavy (non-hydrogen) atoms. The van der Waals surface area contributed by atoms with Crippen molar-refractivity contribution in [1.29, 1.82) is 0 Å². The van der Waals surface area contributed by atoms with E-state index in [1.165, 1.54) is 6.26 Å². The number of carboxylic acids is 1. The summed E-state index contributed by atoms with van der Waals surface area (Å²) < 4.78 is 8.31. The van der Waals surface area contributed by atoms with Crippen LogP contribution in [0.3, 0.4) is 0 Å². The topological polar surface area (TPSA) is 55.4 Å². The summed E-state index contributed by atoms with van der Waals surface area (Å²) in [6.45, 7) is 0.512. The van der Waals surface area contributed by atoms with Crippen LogP contribution in [-0.2, 0) is 6.54 Å². The fraction of sp³-hybridized carbons (Fsp3) is 0.0714. The number of aromatic nitrogens is 1. The lowest BCUT2D eigenvalue weighted by atomic mass is 10.2. The number of hydrogen-bond donors (Lipinski definition) is 1. The minimum absolute atomic E-state index is 0.175. The molecule has 1 aromatic carbocycles. The number of carboxylic acid groups (broad SMARTS) is 1. The second kappa shape index (κ2) is 4.59. The Kier molecular flexibility index (Phi) is 2.91. The van der Waals surface area contributed by atoms with Crippen LogP contribution in [-0.4, -0.2) is 15.6 Å². The zero-order valence-electron chi connectivity index (χ0n) is 9.84. The van der Waals surface area contributed by atoms with Crippen LogP contribution in [0, 0.1) is 0 Å². The average Bonchev–Trinajstić information content (AvgIpc) is 2.97. The summed E-state index contributed by atoms with van der Waals surface area (Å²) in [6, 6.07) is 9.59. The van der Waals surface area contributed by atoms with Crippen LogP contribution in [0.15, 0.2) is 51.7 Å². The number of fused-ring (bicyclic) bond motifs is 1. The van der Waals surface area contributed by atoms with E-state index in [4.69, 9.17) is 9.52 Å². The molecule has 0 saturated carbocycles. The van der Waals surface area contributed by atoms with Crippen LogP contribution < -0.4 is 0 Å². The van der Waals surface area contributed by atoms with Gasteiger partial charge in [0, 0.05) is 21.6 Å². The van der Waals surface area contributed by atoms with Crippen molar-refractivity contribution in [3.8, 4) is 0 Å². The van der Waals surface area contributed by atoms with Crippen LogP contribution >= 0.6 is 15.9 Å². The first-order chi connectivity index (χ1) is 9.13. The molecule has 0 fully saturated rings. The number of carbonyl (C=O) groups is 1. The highest BCUT2D eigenvalue weighted by molar-refractivity contribution is 9.10. The Labute approximate surface area is 117 Å². The summed E-state index contributed by atoms with van der Waals surface area (Å²) in [5.41, 5.74) is 1.26. The lowest BCUT2D eigenvalue weighted by Crippen LogP contribution is -1.97. The minimum Gasteiger partial charge on any atom is -0.478 e. The fourth-order valence-corrected chi connectivity index (χ4v) is 2.43. The summed E-state index contributed by atoms with van der Waals surface area (Å²) in [5.74, 6) is -0.353. The second-order valence-corrected chi connectivity index (χ2v) is 5.17. The minimum atomic E-state index is -0.976. The number of hydrogen-bond acceptors (Lipinski definition) is 2. The van der Waals surface area contributed by atoms with Gasteiger partial charge in [-0.05, 0) is 30.3 Å². The van der Waals surface area contributed by atoms with Crippen molar-refractivity contribution in [2.24, 2.45) is 0 Å². The fourth-order valence-electron chi connectivity index (χ4n) is 2.05. The molecule has 0 aliphatic carbocycles. The normalized spacial score (nSPS) is 11.0. The van der Waals surface area contributed by atoms with Crippen LogP contribution in [0.25, 0.3) is 10.9 Å². The van der Waals surface area contributed by atoms with E-state index >= 15 is 0 Å². The van der Waals surface area contributed by atoms with Gasteiger partial charge in [-0.2, -0.15) is 0 Å². The van der Waals surface area contributed by atoms with E-state index < -0.39 is 5.97 Å². The molecular formula is C14H10BrNO3. The van der Waals surface area contributed by atoms with Crippen LogP contribution in [0.5, 0.6) is 0 Å². The van der Waals surface area contributed by atoms with E-state index in [1.54, 1.807) is 6.07 Å². The maximum Gasteiger partial charge on any atom is 0.338 e. The first-order valence-electron chi connectivity index (χ1n) is 5.68. The smallest absolute Gasteiger partial charge is 0.338 e. The van der Waals surface area contributed by atoms with Gasteiger partial charge in [-0.1, -0.05) is 15.9 Å². The number of benzene rings is 1. The Morgan fingerprint density at radius 3 is 2.89 bits per heavy atom. The first-order valence-corrected chi connectivity index (χ1v) is 6.48. The summed E-state index contributed by atoms with van der Waals surface area (Å²) in [4.78, 5) is 10.8. The molecule has 2 aromatic heterocycles. The molecule has 0 bridgehead atoms. The van der Waals surface area contributed by atoms with Gasteiger partial charge in [0.25, 0.3) is 0 Å². The maximum atomic E-state index is 10.8. The summed E-state index contributed by atoms with van der Waals surface area (Å²) in [7, 11) is 0. The van der Waals surface area contributed by atoms with E-state index in [2.05, 4.69) is 15.9 Å². The van der Waals surface area contributed by atoms with Crippen molar-refractivity contribution >= 4 is 32.8 Å². The largest absolute Gasteiger partial charge is 0.478 e. The quantitative estimate of drug-likeness (QED) is 0.800. The number of furan rings is 1. The molecule has 4 nitrogen and oxygen atoms in total. The molecule has 0 unspecified atom stereocenters. The number of rotatable bonds is 3. The number of aromatic carboxylic acids is 1. The molecule has 0 amide bonds. The van der Waals surface area contributed by atoms with Crippen LogP contribution in [0.4, 0.5) is 0 Å². The Bertz CT molecular complexity index is 757. The highest BCUT2D eigenvalue weighted by Crippen LogP contribution is 2.22. The molecule has 3 rings (SSSR count). The van der Waals surface area contributed by atoms with E-state index in [-0.39, 0.29) is 5.56 Å². The van der Waals surface area contributed by atoms with Crippen molar-refractivity contribution in [2.75, 3.05) is 0 Å².